The van der Waals surface area contributed by atoms with Gasteiger partial charge in [-0.2, -0.15) is 0 Å². The van der Waals surface area contributed by atoms with Crippen LogP contribution in [0.3, 0.4) is 0 Å². The van der Waals surface area contributed by atoms with Gasteiger partial charge >= 0.3 is 0 Å². The topological polar surface area (TPSA) is 71.3 Å². The molecule has 3 heterocycles. The van der Waals surface area contributed by atoms with Gasteiger partial charge < -0.3 is 4.42 Å². The van der Waals surface area contributed by atoms with Gasteiger partial charge in [0.15, 0.2) is 10.8 Å². The van der Waals surface area contributed by atoms with Crippen LogP contribution in [0.4, 0.5) is 5.13 Å². The number of hydrogen-bond acceptors (Lipinski definition) is 6. The first kappa shape index (κ1) is 19.7. The molecule has 31 heavy (non-hydrogen) atoms. The molecular weight excluding hydrogens is 408 g/mol. The average Bonchev–Trinajstić information content (AvgIpc) is 3.37. The van der Waals surface area contributed by atoms with Gasteiger partial charge in [-0.3, -0.25) is 15.0 Å². The predicted molar refractivity (Wildman–Crippen MR) is 121 cm³/mol. The SMILES string of the molecule is Cc1oc(-c2ccccc2)nc1C(=O)Nc1nc2c(s1)CN(Cc1ccccc1)CC2. The van der Waals surface area contributed by atoms with Gasteiger partial charge in [-0.25, -0.2) is 9.97 Å². The molecule has 0 aliphatic carbocycles. The van der Waals surface area contributed by atoms with Crippen LogP contribution in [0.1, 0.15) is 32.4 Å². The molecule has 156 valence electrons. The molecule has 2 aromatic heterocycles. The lowest BCUT2D eigenvalue weighted by Gasteiger charge is -2.25. The fraction of sp³-hybridized carbons (Fsp3) is 0.208. The number of carbonyl (C=O) groups excluding carboxylic acids is 1. The minimum absolute atomic E-state index is 0.290. The third-order valence-corrected chi connectivity index (χ3v) is 6.31. The number of carbonyl (C=O) groups is 1. The third-order valence-electron chi connectivity index (χ3n) is 5.31. The molecule has 2 aromatic carbocycles. The van der Waals surface area contributed by atoms with Crippen LogP contribution in [0.5, 0.6) is 0 Å². The molecule has 0 unspecified atom stereocenters. The van der Waals surface area contributed by atoms with Crippen molar-refractivity contribution in [3.05, 3.63) is 88.3 Å². The van der Waals surface area contributed by atoms with E-state index in [1.165, 1.54) is 21.8 Å². The number of fused-ring (bicyclic) bond motifs is 1. The van der Waals surface area contributed by atoms with Crippen LogP contribution in [0.2, 0.25) is 0 Å². The van der Waals surface area contributed by atoms with E-state index in [0.29, 0.717) is 16.8 Å². The molecule has 6 nitrogen and oxygen atoms in total. The van der Waals surface area contributed by atoms with Crippen molar-refractivity contribution in [1.29, 1.82) is 0 Å². The average molecular weight is 431 g/mol. The summed E-state index contributed by atoms with van der Waals surface area (Å²) in [7, 11) is 0. The van der Waals surface area contributed by atoms with Crippen LogP contribution in [0.25, 0.3) is 11.5 Å². The van der Waals surface area contributed by atoms with Gasteiger partial charge in [0.1, 0.15) is 5.76 Å². The largest absolute Gasteiger partial charge is 0.441 e. The van der Waals surface area contributed by atoms with Gasteiger partial charge in [0, 0.05) is 36.5 Å². The Morgan fingerprint density at radius 1 is 1.10 bits per heavy atom. The zero-order valence-corrected chi connectivity index (χ0v) is 18.0. The van der Waals surface area contributed by atoms with Crippen molar-refractivity contribution in [2.45, 2.75) is 26.4 Å². The predicted octanol–water partition coefficient (Wildman–Crippen LogP) is 4.92. The van der Waals surface area contributed by atoms with Crippen molar-refractivity contribution in [3.63, 3.8) is 0 Å². The Kier molecular flexibility index (Phi) is 5.36. The van der Waals surface area contributed by atoms with Crippen molar-refractivity contribution in [2.75, 3.05) is 11.9 Å². The monoisotopic (exact) mass is 430 g/mol. The Bertz CT molecular complexity index is 1200. The minimum Gasteiger partial charge on any atom is -0.441 e. The zero-order valence-electron chi connectivity index (χ0n) is 17.2. The molecule has 1 aliphatic heterocycles. The summed E-state index contributed by atoms with van der Waals surface area (Å²) in [4.78, 5) is 25.5. The zero-order chi connectivity index (χ0) is 21.2. The lowest BCUT2D eigenvalue weighted by Crippen LogP contribution is -2.29. The summed E-state index contributed by atoms with van der Waals surface area (Å²) in [6.07, 6.45) is 0.885. The maximum atomic E-state index is 12.8. The maximum absolute atomic E-state index is 12.8. The molecule has 0 atom stereocenters. The highest BCUT2D eigenvalue weighted by Crippen LogP contribution is 2.30. The summed E-state index contributed by atoms with van der Waals surface area (Å²) in [6, 6.07) is 20.0. The second-order valence-corrected chi connectivity index (χ2v) is 8.66. The number of hydrogen-bond donors (Lipinski definition) is 1. The Hall–Kier alpha value is -3.29. The van der Waals surface area contributed by atoms with E-state index in [9.17, 15) is 4.79 Å². The van der Waals surface area contributed by atoms with E-state index in [4.69, 9.17) is 4.42 Å². The quantitative estimate of drug-likeness (QED) is 0.487. The Balaban J connectivity index is 1.28. The molecule has 0 radical (unpaired) electrons. The molecular formula is C24H22N4O2S. The molecule has 0 bridgehead atoms. The second-order valence-electron chi connectivity index (χ2n) is 7.58. The highest BCUT2D eigenvalue weighted by molar-refractivity contribution is 7.15. The van der Waals surface area contributed by atoms with Gasteiger partial charge in [-0.1, -0.05) is 48.5 Å². The lowest BCUT2D eigenvalue weighted by molar-refractivity contribution is 0.102. The summed E-state index contributed by atoms with van der Waals surface area (Å²) in [5, 5.41) is 3.52. The number of aryl methyl sites for hydroxylation is 1. The van der Waals surface area contributed by atoms with Gasteiger partial charge in [-0.05, 0) is 24.6 Å². The summed E-state index contributed by atoms with van der Waals surface area (Å²) in [5.74, 6) is 0.639. The fourth-order valence-corrected chi connectivity index (χ4v) is 4.79. The van der Waals surface area contributed by atoms with Gasteiger partial charge in [0.2, 0.25) is 5.89 Å². The summed E-state index contributed by atoms with van der Waals surface area (Å²) in [6.45, 7) is 4.48. The van der Waals surface area contributed by atoms with Crippen molar-refractivity contribution in [1.82, 2.24) is 14.9 Å². The van der Waals surface area contributed by atoms with E-state index < -0.39 is 0 Å². The third kappa shape index (κ3) is 4.28. The van der Waals surface area contributed by atoms with Crippen molar-refractivity contribution in [2.24, 2.45) is 0 Å². The van der Waals surface area contributed by atoms with E-state index in [0.717, 1.165) is 37.3 Å². The Morgan fingerprint density at radius 2 is 1.84 bits per heavy atom. The molecule has 0 saturated carbocycles. The van der Waals surface area contributed by atoms with Crippen LogP contribution in [-0.4, -0.2) is 27.3 Å². The van der Waals surface area contributed by atoms with E-state index in [1.807, 2.05) is 36.4 Å². The standard InChI is InChI=1S/C24H22N4O2S/c1-16-21(26-23(30-16)18-10-6-3-7-11-18)22(29)27-24-25-19-12-13-28(15-20(19)31-24)14-17-8-4-2-5-9-17/h2-11H,12-15H2,1H3,(H,25,27,29). The van der Waals surface area contributed by atoms with Gasteiger partial charge in [0.05, 0.1) is 5.69 Å². The van der Waals surface area contributed by atoms with Crippen LogP contribution in [0.15, 0.2) is 65.1 Å². The molecule has 0 fully saturated rings. The van der Waals surface area contributed by atoms with Crippen molar-refractivity contribution < 1.29 is 9.21 Å². The Labute approximate surface area is 184 Å². The van der Waals surface area contributed by atoms with Crippen LogP contribution >= 0.6 is 11.3 Å². The highest BCUT2D eigenvalue weighted by Gasteiger charge is 2.23. The molecule has 0 spiro atoms. The number of nitrogens with one attached hydrogen (secondary N) is 1. The molecule has 4 aromatic rings. The maximum Gasteiger partial charge on any atom is 0.279 e. The molecule has 1 aliphatic rings. The second kappa shape index (κ2) is 8.45. The number of benzene rings is 2. The van der Waals surface area contributed by atoms with Gasteiger partial charge in [-0.15, -0.1) is 11.3 Å². The van der Waals surface area contributed by atoms with E-state index in [2.05, 4.69) is 44.5 Å². The molecule has 5 rings (SSSR count). The summed E-state index contributed by atoms with van der Waals surface area (Å²) < 4.78 is 5.72. The molecule has 1 amide bonds. The smallest absolute Gasteiger partial charge is 0.279 e. The fourth-order valence-electron chi connectivity index (χ4n) is 3.75. The normalized spacial score (nSPS) is 13.7. The number of anilines is 1. The first-order valence-corrected chi connectivity index (χ1v) is 11.1. The lowest BCUT2D eigenvalue weighted by atomic mass is 10.1. The number of thiazole rings is 1. The highest BCUT2D eigenvalue weighted by atomic mass is 32.1. The summed E-state index contributed by atoms with van der Waals surface area (Å²) >= 11 is 1.54. The van der Waals surface area contributed by atoms with E-state index >= 15 is 0 Å². The number of aromatic nitrogens is 2. The van der Waals surface area contributed by atoms with Crippen molar-refractivity contribution >= 4 is 22.4 Å². The number of nitrogens with zero attached hydrogens (tertiary/aromatic N) is 3. The van der Waals surface area contributed by atoms with Gasteiger partial charge in [0.25, 0.3) is 5.91 Å². The van der Waals surface area contributed by atoms with Crippen LogP contribution in [0, 0.1) is 6.92 Å². The minimum atomic E-state index is -0.296. The Morgan fingerprint density at radius 3 is 2.61 bits per heavy atom. The van der Waals surface area contributed by atoms with Crippen molar-refractivity contribution in [3.8, 4) is 11.5 Å². The number of amides is 1. The number of rotatable bonds is 5. The summed E-state index contributed by atoms with van der Waals surface area (Å²) in [5.41, 5.74) is 3.51. The first-order chi connectivity index (χ1) is 15.2. The number of oxazole rings is 1. The molecule has 1 N–H and O–H groups in total. The van der Waals surface area contributed by atoms with E-state index in [1.54, 1.807) is 6.92 Å². The molecule has 7 heteroatoms. The van der Waals surface area contributed by atoms with Crippen LogP contribution < -0.4 is 5.32 Å². The first-order valence-electron chi connectivity index (χ1n) is 10.2. The molecule has 0 saturated heterocycles. The van der Waals surface area contributed by atoms with E-state index in [-0.39, 0.29) is 11.6 Å². The van der Waals surface area contributed by atoms with Crippen LogP contribution in [-0.2, 0) is 19.5 Å².